The summed E-state index contributed by atoms with van der Waals surface area (Å²) in [6.07, 6.45) is 3.48. The number of primary amides is 1. The van der Waals surface area contributed by atoms with E-state index in [2.05, 4.69) is 10.5 Å². The van der Waals surface area contributed by atoms with Gasteiger partial charge in [-0.05, 0) is 41.5 Å². The highest BCUT2D eigenvalue weighted by Gasteiger charge is 2.03. The van der Waals surface area contributed by atoms with E-state index in [1.807, 2.05) is 41.1 Å². The zero-order valence-corrected chi connectivity index (χ0v) is 12.2. The lowest BCUT2D eigenvalue weighted by Gasteiger charge is -2.06. The molecule has 0 aliphatic rings. The number of nitrogens with two attached hydrogens (primary N) is 1. The molecule has 116 valence electrons. The van der Waals surface area contributed by atoms with E-state index < -0.39 is 6.03 Å². The van der Waals surface area contributed by atoms with Crippen LogP contribution in [0.15, 0.2) is 59.8 Å². The number of hydrogen-bond donors (Lipinski definition) is 2. The molecule has 3 N–H and O–H groups in total. The molecule has 0 atom stereocenters. The molecule has 6 heteroatoms. The number of rotatable bonds is 4. The van der Waals surface area contributed by atoms with Crippen molar-refractivity contribution in [2.24, 2.45) is 10.8 Å². The number of benzene rings is 2. The fourth-order valence-corrected chi connectivity index (χ4v) is 2.44. The molecule has 0 radical (unpaired) electrons. The van der Waals surface area contributed by atoms with Gasteiger partial charge in [-0.25, -0.2) is 14.6 Å². The Balaban J connectivity index is 1.84. The topological polar surface area (TPSA) is 72.4 Å². The van der Waals surface area contributed by atoms with Gasteiger partial charge in [0.15, 0.2) is 0 Å². The Kier molecular flexibility index (Phi) is 4.05. The van der Waals surface area contributed by atoms with E-state index in [1.165, 1.54) is 18.3 Å². The van der Waals surface area contributed by atoms with E-state index in [0.29, 0.717) is 6.54 Å². The number of hydrazone groups is 1. The third-order valence-electron chi connectivity index (χ3n) is 3.43. The molecule has 0 saturated carbocycles. The predicted octanol–water partition coefficient (Wildman–Crippen LogP) is 2.83. The summed E-state index contributed by atoms with van der Waals surface area (Å²) in [5, 5.41) is 4.77. The molecular weight excluding hydrogens is 295 g/mol. The average molecular weight is 310 g/mol. The monoisotopic (exact) mass is 310 g/mol. The van der Waals surface area contributed by atoms with E-state index in [9.17, 15) is 9.18 Å². The molecular formula is C17H15FN4O. The average Bonchev–Trinajstić information content (AvgIpc) is 2.89. The summed E-state index contributed by atoms with van der Waals surface area (Å²) in [6.45, 7) is 0.595. The third kappa shape index (κ3) is 3.55. The first-order valence-corrected chi connectivity index (χ1v) is 7.04. The fraction of sp³-hybridized carbons (Fsp3) is 0.0588. The maximum atomic E-state index is 13.3. The van der Waals surface area contributed by atoms with Gasteiger partial charge >= 0.3 is 6.03 Å². The van der Waals surface area contributed by atoms with Crippen LogP contribution < -0.4 is 11.2 Å². The van der Waals surface area contributed by atoms with Gasteiger partial charge in [-0.15, -0.1) is 0 Å². The van der Waals surface area contributed by atoms with Crippen molar-refractivity contribution in [3.8, 4) is 0 Å². The highest BCUT2D eigenvalue weighted by molar-refractivity contribution is 5.89. The first-order valence-electron chi connectivity index (χ1n) is 7.04. The van der Waals surface area contributed by atoms with Gasteiger partial charge in [0.1, 0.15) is 5.82 Å². The van der Waals surface area contributed by atoms with Gasteiger partial charge in [0, 0.05) is 23.6 Å². The molecule has 1 aromatic heterocycles. The molecule has 0 aliphatic carbocycles. The van der Waals surface area contributed by atoms with Crippen LogP contribution in [0.3, 0.4) is 0 Å². The van der Waals surface area contributed by atoms with Gasteiger partial charge in [-0.2, -0.15) is 5.10 Å². The number of nitrogens with zero attached hydrogens (tertiary/aromatic N) is 2. The summed E-state index contributed by atoms with van der Waals surface area (Å²) in [4.78, 5) is 10.6. The second-order valence-corrected chi connectivity index (χ2v) is 5.13. The van der Waals surface area contributed by atoms with Gasteiger partial charge < -0.3 is 10.3 Å². The van der Waals surface area contributed by atoms with Crippen LogP contribution in [0, 0.1) is 5.82 Å². The van der Waals surface area contributed by atoms with Crippen molar-refractivity contribution in [2.75, 3.05) is 0 Å². The normalized spacial score (nSPS) is 11.2. The molecule has 0 unspecified atom stereocenters. The second-order valence-electron chi connectivity index (χ2n) is 5.13. The number of fused-ring (bicyclic) bond motifs is 1. The number of carbonyl (C=O) groups is 1. The zero-order valence-electron chi connectivity index (χ0n) is 12.2. The van der Waals surface area contributed by atoms with Crippen LogP contribution in [-0.2, 0) is 6.54 Å². The maximum Gasteiger partial charge on any atom is 0.332 e. The first kappa shape index (κ1) is 14.8. The molecule has 23 heavy (non-hydrogen) atoms. The van der Waals surface area contributed by atoms with Crippen LogP contribution in [0.4, 0.5) is 9.18 Å². The first-order chi connectivity index (χ1) is 11.1. The van der Waals surface area contributed by atoms with Crippen molar-refractivity contribution in [3.05, 3.63) is 71.7 Å². The third-order valence-corrected chi connectivity index (χ3v) is 3.43. The van der Waals surface area contributed by atoms with Crippen molar-refractivity contribution in [1.29, 1.82) is 0 Å². The quantitative estimate of drug-likeness (QED) is 0.564. The van der Waals surface area contributed by atoms with Crippen LogP contribution in [0.5, 0.6) is 0 Å². The van der Waals surface area contributed by atoms with Gasteiger partial charge in [0.05, 0.1) is 6.21 Å². The largest absolute Gasteiger partial charge is 0.350 e. The molecule has 0 fully saturated rings. The number of carbonyl (C=O) groups excluding carboxylic acids is 1. The number of amides is 2. The summed E-state index contributed by atoms with van der Waals surface area (Å²) in [5.41, 5.74) is 9.87. The Bertz CT molecular complexity index is 885. The number of nitrogens with one attached hydrogen (secondary N) is 1. The minimum absolute atomic E-state index is 0.237. The number of halogens is 1. The lowest BCUT2D eigenvalue weighted by Crippen LogP contribution is -2.24. The molecule has 2 amide bonds. The molecule has 3 aromatic rings. The lowest BCUT2D eigenvalue weighted by atomic mass is 10.1. The molecule has 2 aromatic carbocycles. The maximum absolute atomic E-state index is 13.3. The van der Waals surface area contributed by atoms with Crippen LogP contribution >= 0.6 is 0 Å². The molecule has 0 saturated heterocycles. The van der Waals surface area contributed by atoms with Gasteiger partial charge in [-0.1, -0.05) is 18.2 Å². The Morgan fingerprint density at radius 2 is 2.13 bits per heavy atom. The molecule has 0 spiro atoms. The Morgan fingerprint density at radius 1 is 1.26 bits per heavy atom. The summed E-state index contributed by atoms with van der Waals surface area (Å²) in [6, 6.07) is 13.6. The Labute approximate surface area is 132 Å². The van der Waals surface area contributed by atoms with Crippen molar-refractivity contribution >= 4 is 23.1 Å². The van der Waals surface area contributed by atoms with Gasteiger partial charge in [0.25, 0.3) is 0 Å². The summed E-state index contributed by atoms with van der Waals surface area (Å²) in [7, 11) is 0. The van der Waals surface area contributed by atoms with E-state index in [-0.39, 0.29) is 5.82 Å². The van der Waals surface area contributed by atoms with Gasteiger partial charge in [-0.3, -0.25) is 0 Å². The fourth-order valence-electron chi connectivity index (χ4n) is 2.44. The van der Waals surface area contributed by atoms with E-state index in [0.717, 1.165) is 22.0 Å². The highest BCUT2D eigenvalue weighted by Crippen LogP contribution is 2.18. The Hall–Kier alpha value is -3.15. The molecule has 0 aliphatic heterocycles. The van der Waals surface area contributed by atoms with Crippen LogP contribution in [0.25, 0.3) is 10.9 Å². The van der Waals surface area contributed by atoms with E-state index in [4.69, 9.17) is 5.73 Å². The minimum atomic E-state index is -0.705. The number of aromatic nitrogens is 1. The van der Waals surface area contributed by atoms with Gasteiger partial charge in [0.2, 0.25) is 0 Å². The van der Waals surface area contributed by atoms with Crippen LogP contribution in [0.1, 0.15) is 11.1 Å². The summed E-state index contributed by atoms with van der Waals surface area (Å²) >= 11 is 0. The smallest absolute Gasteiger partial charge is 0.332 e. The molecule has 3 rings (SSSR count). The lowest BCUT2D eigenvalue weighted by molar-refractivity contribution is 0.249. The zero-order chi connectivity index (χ0) is 16.2. The minimum Gasteiger partial charge on any atom is -0.350 e. The molecule has 0 bridgehead atoms. The SMILES string of the molecule is NC(=O)N/N=C/c1ccc2c(ccn2Cc2cccc(F)c2)c1. The van der Waals surface area contributed by atoms with Crippen molar-refractivity contribution in [3.63, 3.8) is 0 Å². The Morgan fingerprint density at radius 3 is 2.91 bits per heavy atom. The number of hydrogen-bond acceptors (Lipinski definition) is 2. The number of urea groups is 1. The van der Waals surface area contributed by atoms with Crippen LogP contribution in [-0.4, -0.2) is 16.8 Å². The molecule has 1 heterocycles. The predicted molar refractivity (Wildman–Crippen MR) is 87.8 cm³/mol. The molecule has 5 nitrogen and oxygen atoms in total. The summed E-state index contributed by atoms with van der Waals surface area (Å²) < 4.78 is 15.3. The second kappa shape index (κ2) is 6.31. The van der Waals surface area contributed by atoms with Crippen molar-refractivity contribution < 1.29 is 9.18 Å². The highest BCUT2D eigenvalue weighted by atomic mass is 19.1. The van der Waals surface area contributed by atoms with E-state index >= 15 is 0 Å². The van der Waals surface area contributed by atoms with Crippen molar-refractivity contribution in [2.45, 2.75) is 6.54 Å². The van der Waals surface area contributed by atoms with E-state index in [1.54, 1.807) is 6.07 Å². The van der Waals surface area contributed by atoms with Crippen molar-refractivity contribution in [1.82, 2.24) is 9.99 Å². The van der Waals surface area contributed by atoms with Crippen LogP contribution in [0.2, 0.25) is 0 Å². The standard InChI is InChI=1S/C17H15FN4O/c18-15-3-1-2-13(9-15)11-22-7-6-14-8-12(4-5-16(14)22)10-20-21-17(19)23/h1-10H,11H2,(H3,19,21,23)/b20-10+. The summed E-state index contributed by atoms with van der Waals surface area (Å²) in [5.74, 6) is -0.237.